The van der Waals surface area contributed by atoms with Crippen LogP contribution in [0.4, 0.5) is 0 Å². The highest BCUT2D eigenvalue weighted by molar-refractivity contribution is 7.86. The topological polar surface area (TPSA) is 40.6 Å². The lowest BCUT2D eigenvalue weighted by atomic mass is 10.0. The zero-order valence-electron chi connectivity index (χ0n) is 12.5. The first kappa shape index (κ1) is 17.2. The van der Waals surface area contributed by atoms with Crippen molar-refractivity contribution >= 4 is 33.1 Å². The quantitative estimate of drug-likeness (QED) is 0.739. The summed E-state index contributed by atoms with van der Waals surface area (Å²) in [4.78, 5) is 1.07. The first-order valence-corrected chi connectivity index (χ1v) is 10.1. The molecular formula is C14H23ClN2O2S2. The van der Waals surface area contributed by atoms with E-state index in [0.717, 1.165) is 17.7 Å². The fourth-order valence-corrected chi connectivity index (χ4v) is 5.52. The van der Waals surface area contributed by atoms with Crippen LogP contribution in [0.25, 0.3) is 0 Å². The number of hydrogen-bond acceptors (Lipinski definition) is 3. The molecular weight excluding hydrogens is 328 g/mol. The first-order chi connectivity index (χ1) is 9.95. The Balaban J connectivity index is 2.17. The highest BCUT2D eigenvalue weighted by atomic mass is 35.5. The summed E-state index contributed by atoms with van der Waals surface area (Å²) in [6.07, 6.45) is 1.91. The molecule has 0 saturated carbocycles. The molecule has 4 nitrogen and oxygen atoms in total. The van der Waals surface area contributed by atoms with Gasteiger partial charge in [0.15, 0.2) is 0 Å². The molecule has 1 unspecified atom stereocenters. The van der Waals surface area contributed by atoms with Gasteiger partial charge < -0.3 is 0 Å². The highest BCUT2D eigenvalue weighted by Gasteiger charge is 2.34. The second-order valence-corrected chi connectivity index (χ2v) is 8.97. The Morgan fingerprint density at radius 3 is 2.86 bits per heavy atom. The molecule has 1 aromatic rings. The van der Waals surface area contributed by atoms with Gasteiger partial charge in [0, 0.05) is 36.4 Å². The van der Waals surface area contributed by atoms with Gasteiger partial charge in [-0.3, -0.25) is 0 Å². The largest absolute Gasteiger partial charge is 0.282 e. The maximum absolute atomic E-state index is 12.9. The van der Waals surface area contributed by atoms with E-state index in [9.17, 15) is 8.42 Å². The van der Waals surface area contributed by atoms with Gasteiger partial charge in [-0.05, 0) is 44.1 Å². The van der Waals surface area contributed by atoms with Gasteiger partial charge in [-0.25, -0.2) is 0 Å². The summed E-state index contributed by atoms with van der Waals surface area (Å²) in [5.41, 5.74) is 0. The Morgan fingerprint density at radius 2 is 2.29 bits per heavy atom. The van der Waals surface area contributed by atoms with Crippen molar-refractivity contribution in [3.63, 3.8) is 0 Å². The van der Waals surface area contributed by atoms with E-state index in [4.69, 9.17) is 11.6 Å². The fraction of sp³-hybridized carbons (Fsp3) is 0.714. The monoisotopic (exact) mass is 350 g/mol. The van der Waals surface area contributed by atoms with Crippen LogP contribution < -0.4 is 0 Å². The number of rotatable bonds is 6. The number of alkyl halides is 1. The predicted molar refractivity (Wildman–Crippen MR) is 88.9 cm³/mol. The molecule has 1 saturated heterocycles. The molecule has 1 aliphatic rings. The second-order valence-electron chi connectivity index (χ2n) is 5.75. The van der Waals surface area contributed by atoms with E-state index in [1.165, 1.54) is 0 Å². The normalized spacial score (nSPS) is 21.3. The van der Waals surface area contributed by atoms with Gasteiger partial charge in [-0.15, -0.1) is 22.9 Å². The third-order valence-electron chi connectivity index (χ3n) is 3.79. The van der Waals surface area contributed by atoms with Crippen LogP contribution in [0.2, 0.25) is 0 Å². The van der Waals surface area contributed by atoms with E-state index in [1.807, 2.05) is 31.4 Å². The lowest BCUT2D eigenvalue weighted by Gasteiger charge is -2.36. The zero-order chi connectivity index (χ0) is 15.5. The van der Waals surface area contributed by atoms with Crippen molar-refractivity contribution in [1.82, 2.24) is 8.61 Å². The minimum absolute atomic E-state index is 0.0616. The molecule has 120 valence electrons. The summed E-state index contributed by atoms with van der Waals surface area (Å²) in [5.74, 6) is 0.796. The molecule has 1 fully saturated rings. The van der Waals surface area contributed by atoms with Gasteiger partial charge in [-0.1, -0.05) is 6.07 Å². The highest BCUT2D eigenvalue weighted by Crippen LogP contribution is 2.25. The smallest absolute Gasteiger partial charge is 0.195 e. The molecule has 0 aromatic carbocycles. The Morgan fingerprint density at radius 1 is 1.52 bits per heavy atom. The third-order valence-corrected chi connectivity index (χ3v) is 7.22. The Labute approximate surface area is 136 Å². The Bertz CT molecular complexity index is 531. The van der Waals surface area contributed by atoms with Gasteiger partial charge in [-0.2, -0.15) is 17.0 Å². The summed E-state index contributed by atoms with van der Waals surface area (Å²) in [6, 6.07) is 3.87. The van der Waals surface area contributed by atoms with Gasteiger partial charge in [0.2, 0.25) is 0 Å². The summed E-state index contributed by atoms with van der Waals surface area (Å²) < 4.78 is 29.1. The molecule has 0 radical (unpaired) electrons. The summed E-state index contributed by atoms with van der Waals surface area (Å²) >= 11 is 7.51. The number of hydrogen-bond donors (Lipinski definition) is 0. The van der Waals surface area contributed by atoms with Crippen molar-refractivity contribution in [2.75, 3.05) is 19.0 Å². The lowest BCUT2D eigenvalue weighted by molar-refractivity contribution is 0.246. The summed E-state index contributed by atoms with van der Waals surface area (Å²) in [6.45, 7) is 5.44. The molecule has 0 bridgehead atoms. The zero-order valence-corrected chi connectivity index (χ0v) is 14.9. The van der Waals surface area contributed by atoms with Gasteiger partial charge in [0.1, 0.15) is 0 Å². The minimum Gasteiger partial charge on any atom is -0.195 e. The molecule has 0 aliphatic carbocycles. The number of halogens is 1. The fourth-order valence-electron chi connectivity index (χ4n) is 2.60. The predicted octanol–water partition coefficient (Wildman–Crippen LogP) is 3.15. The number of nitrogens with zero attached hydrogens (tertiary/aromatic N) is 2. The lowest BCUT2D eigenvalue weighted by Crippen LogP contribution is -2.50. The first-order valence-electron chi connectivity index (χ1n) is 7.30. The Hall–Kier alpha value is -0.140. The van der Waals surface area contributed by atoms with Gasteiger partial charge in [0.25, 0.3) is 10.2 Å². The van der Waals surface area contributed by atoms with Crippen LogP contribution in [-0.4, -0.2) is 42.0 Å². The van der Waals surface area contributed by atoms with Crippen molar-refractivity contribution in [2.45, 2.75) is 39.3 Å². The molecule has 2 rings (SSSR count). The summed E-state index contributed by atoms with van der Waals surface area (Å²) in [5, 5.41) is 1.98. The second kappa shape index (κ2) is 7.42. The van der Waals surface area contributed by atoms with Crippen LogP contribution in [0, 0.1) is 5.92 Å². The van der Waals surface area contributed by atoms with E-state index in [-0.39, 0.29) is 12.0 Å². The van der Waals surface area contributed by atoms with E-state index >= 15 is 0 Å². The average molecular weight is 351 g/mol. The van der Waals surface area contributed by atoms with E-state index < -0.39 is 10.2 Å². The molecule has 0 spiro atoms. The maximum Gasteiger partial charge on any atom is 0.282 e. The molecule has 1 aromatic heterocycles. The average Bonchev–Trinajstić information content (AvgIpc) is 2.97. The van der Waals surface area contributed by atoms with Crippen LogP contribution in [0.1, 0.15) is 31.6 Å². The molecule has 0 N–H and O–H groups in total. The Kier molecular flexibility index (Phi) is 6.08. The number of thiophene rings is 1. The summed E-state index contributed by atoms with van der Waals surface area (Å²) in [7, 11) is -3.43. The van der Waals surface area contributed by atoms with Crippen LogP contribution in [0.15, 0.2) is 17.5 Å². The number of piperidine rings is 1. The molecule has 0 amide bonds. The minimum atomic E-state index is -3.43. The molecule has 2 heterocycles. The van der Waals surface area contributed by atoms with Crippen molar-refractivity contribution in [1.29, 1.82) is 0 Å². The third kappa shape index (κ3) is 4.20. The molecule has 7 heteroatoms. The van der Waals surface area contributed by atoms with Crippen molar-refractivity contribution in [3.8, 4) is 0 Å². The van der Waals surface area contributed by atoms with Crippen molar-refractivity contribution < 1.29 is 8.42 Å². The molecule has 1 aliphatic heterocycles. The maximum atomic E-state index is 12.9. The SMILES string of the molecule is CC(C)N(Cc1cccs1)S(=O)(=O)N1CCCC(CCl)C1. The van der Waals surface area contributed by atoms with E-state index in [1.54, 1.807) is 19.9 Å². The van der Waals surface area contributed by atoms with Gasteiger partial charge >= 0.3 is 0 Å². The van der Waals surface area contributed by atoms with E-state index in [0.29, 0.717) is 25.5 Å². The molecule has 1 atom stereocenters. The van der Waals surface area contributed by atoms with Crippen molar-refractivity contribution in [2.24, 2.45) is 5.92 Å². The van der Waals surface area contributed by atoms with Crippen LogP contribution in [-0.2, 0) is 16.8 Å². The van der Waals surface area contributed by atoms with Crippen LogP contribution >= 0.6 is 22.9 Å². The molecule has 21 heavy (non-hydrogen) atoms. The van der Waals surface area contributed by atoms with Gasteiger partial charge in [0.05, 0.1) is 0 Å². The van der Waals surface area contributed by atoms with Crippen molar-refractivity contribution in [3.05, 3.63) is 22.4 Å². The van der Waals surface area contributed by atoms with Crippen LogP contribution in [0.5, 0.6) is 0 Å². The van der Waals surface area contributed by atoms with Crippen LogP contribution in [0.3, 0.4) is 0 Å². The van der Waals surface area contributed by atoms with E-state index in [2.05, 4.69) is 0 Å². The standard InChI is InChI=1S/C14H23ClN2O2S2/c1-12(2)17(11-14-6-4-8-20-14)21(18,19)16-7-3-5-13(9-15)10-16/h4,6,8,12-13H,3,5,7,9-11H2,1-2H3.